The van der Waals surface area contributed by atoms with Crippen LogP contribution < -0.4 is 0 Å². The van der Waals surface area contributed by atoms with Crippen molar-refractivity contribution >= 4 is 28.9 Å². The molecule has 2 heterocycles. The molecule has 0 aliphatic carbocycles. The van der Waals surface area contributed by atoms with Crippen molar-refractivity contribution in [1.29, 1.82) is 0 Å². The molecule has 1 aromatic carbocycles. The molecule has 0 radical (unpaired) electrons. The molecule has 19 heavy (non-hydrogen) atoms. The lowest BCUT2D eigenvalue weighted by Gasteiger charge is -2.21. The molecule has 98 valence electrons. The van der Waals surface area contributed by atoms with Crippen LogP contribution in [0.25, 0.3) is 6.08 Å². The van der Waals surface area contributed by atoms with Crippen molar-refractivity contribution in [1.82, 2.24) is 4.90 Å². The second-order valence-electron chi connectivity index (χ2n) is 4.23. The Kier molecular flexibility index (Phi) is 3.10. The fourth-order valence-electron chi connectivity index (χ4n) is 2.00. The molecule has 0 unspecified atom stereocenters. The van der Waals surface area contributed by atoms with Crippen molar-refractivity contribution in [3.8, 4) is 0 Å². The maximum Gasteiger partial charge on any atom is 0.278 e. The highest BCUT2D eigenvalue weighted by atomic mass is 32.2. The van der Waals surface area contributed by atoms with Crippen LogP contribution in [-0.4, -0.2) is 28.3 Å². The highest BCUT2D eigenvalue weighted by molar-refractivity contribution is 8.13. The molecule has 0 spiro atoms. The van der Waals surface area contributed by atoms with Crippen LogP contribution in [0.5, 0.6) is 0 Å². The van der Waals surface area contributed by atoms with Crippen LogP contribution in [0.4, 0.5) is 8.78 Å². The first-order valence-corrected chi connectivity index (χ1v) is 6.84. The maximum atomic E-state index is 13.6. The summed E-state index contributed by atoms with van der Waals surface area (Å²) in [6.45, 7) is 0.633. The van der Waals surface area contributed by atoms with E-state index in [0.717, 1.165) is 18.2 Å². The zero-order chi connectivity index (χ0) is 13.4. The van der Waals surface area contributed by atoms with Gasteiger partial charge in [-0.1, -0.05) is 23.9 Å². The standard InChI is InChI=1S/C13H10F2N2OS/c14-9-4-1-3-8(11(9)15)7-10-12(18)17-5-2-6-19-13(17)16-10/h1,3-4,7H,2,5-6H2/b10-7-. The molecule has 0 aromatic heterocycles. The third-order valence-electron chi connectivity index (χ3n) is 2.94. The van der Waals surface area contributed by atoms with Crippen molar-refractivity contribution in [2.24, 2.45) is 4.99 Å². The Labute approximate surface area is 113 Å². The van der Waals surface area contributed by atoms with Crippen molar-refractivity contribution in [2.45, 2.75) is 6.42 Å². The Hall–Kier alpha value is -1.69. The molecule has 3 rings (SSSR count). The second kappa shape index (κ2) is 4.77. The van der Waals surface area contributed by atoms with Crippen LogP contribution in [0.3, 0.4) is 0 Å². The fraction of sp³-hybridized carbons (Fsp3) is 0.231. The van der Waals surface area contributed by atoms with E-state index in [4.69, 9.17) is 0 Å². The molecule has 1 saturated heterocycles. The number of halogens is 2. The average Bonchev–Trinajstić information content (AvgIpc) is 2.73. The van der Waals surface area contributed by atoms with Crippen molar-refractivity contribution in [3.05, 3.63) is 41.1 Å². The SMILES string of the molecule is O=C1/C(=C/c2cccc(F)c2F)N=C2SCCCN12. The smallest absolute Gasteiger partial charge is 0.278 e. The highest BCUT2D eigenvalue weighted by Gasteiger charge is 2.32. The van der Waals surface area contributed by atoms with Crippen LogP contribution in [-0.2, 0) is 4.79 Å². The molecule has 1 aromatic rings. The number of carbonyl (C=O) groups excluding carboxylic acids is 1. The lowest BCUT2D eigenvalue weighted by molar-refractivity contribution is -0.122. The molecule has 2 aliphatic rings. The Morgan fingerprint density at radius 1 is 1.37 bits per heavy atom. The van der Waals surface area contributed by atoms with Gasteiger partial charge in [-0.25, -0.2) is 13.8 Å². The quantitative estimate of drug-likeness (QED) is 0.741. The van der Waals surface area contributed by atoms with Gasteiger partial charge >= 0.3 is 0 Å². The van der Waals surface area contributed by atoms with E-state index in [-0.39, 0.29) is 17.2 Å². The molecule has 0 bridgehead atoms. The third-order valence-corrected chi connectivity index (χ3v) is 4.00. The second-order valence-corrected chi connectivity index (χ2v) is 5.29. The minimum Gasteiger partial charge on any atom is -0.286 e. The minimum atomic E-state index is -0.958. The Balaban J connectivity index is 1.98. The van der Waals surface area contributed by atoms with Gasteiger partial charge < -0.3 is 0 Å². The molecular formula is C13H10F2N2OS. The van der Waals surface area contributed by atoms with E-state index in [1.165, 1.54) is 30.0 Å². The number of hydrogen-bond acceptors (Lipinski definition) is 3. The zero-order valence-corrected chi connectivity index (χ0v) is 10.7. The van der Waals surface area contributed by atoms with Crippen molar-refractivity contribution in [3.63, 3.8) is 0 Å². The minimum absolute atomic E-state index is 0.0394. The number of amidine groups is 1. The molecule has 1 fully saturated rings. The van der Waals surface area contributed by atoms with Gasteiger partial charge in [-0.15, -0.1) is 0 Å². The van der Waals surface area contributed by atoms with Gasteiger partial charge in [-0.2, -0.15) is 0 Å². The van der Waals surface area contributed by atoms with Crippen LogP contribution >= 0.6 is 11.8 Å². The van der Waals surface area contributed by atoms with Gasteiger partial charge in [0.2, 0.25) is 0 Å². The summed E-state index contributed by atoms with van der Waals surface area (Å²) in [7, 11) is 0. The highest BCUT2D eigenvalue weighted by Crippen LogP contribution is 2.28. The van der Waals surface area contributed by atoms with Crippen molar-refractivity contribution in [2.75, 3.05) is 12.3 Å². The van der Waals surface area contributed by atoms with E-state index >= 15 is 0 Å². The summed E-state index contributed by atoms with van der Waals surface area (Å²) < 4.78 is 26.7. The van der Waals surface area contributed by atoms with Crippen LogP contribution in [0.2, 0.25) is 0 Å². The topological polar surface area (TPSA) is 32.7 Å². The maximum absolute atomic E-state index is 13.6. The van der Waals surface area contributed by atoms with Gasteiger partial charge in [0.1, 0.15) is 5.70 Å². The van der Waals surface area contributed by atoms with E-state index in [1.807, 2.05) is 0 Å². The fourth-order valence-corrected chi connectivity index (χ4v) is 2.95. The molecule has 6 heteroatoms. The molecule has 0 N–H and O–H groups in total. The lowest BCUT2D eigenvalue weighted by atomic mass is 10.1. The molecule has 0 saturated carbocycles. The third kappa shape index (κ3) is 2.16. The van der Waals surface area contributed by atoms with Gasteiger partial charge in [0.25, 0.3) is 5.91 Å². The number of aliphatic imine (C=N–C) groups is 1. The summed E-state index contributed by atoms with van der Waals surface area (Å²) in [6.07, 6.45) is 2.21. The van der Waals surface area contributed by atoms with E-state index in [1.54, 1.807) is 4.90 Å². The monoisotopic (exact) mass is 280 g/mol. The molecule has 3 nitrogen and oxygen atoms in total. The number of fused-ring (bicyclic) bond motifs is 1. The van der Waals surface area contributed by atoms with Gasteiger partial charge in [-0.05, 0) is 18.6 Å². The summed E-state index contributed by atoms with van der Waals surface area (Å²) in [5, 5.41) is 0.652. The first-order chi connectivity index (χ1) is 9.16. The Bertz CT molecular complexity index is 613. The molecule has 0 atom stereocenters. The summed E-state index contributed by atoms with van der Waals surface area (Å²) in [6, 6.07) is 3.86. The first kappa shape index (κ1) is 12.3. The van der Waals surface area contributed by atoms with E-state index < -0.39 is 11.6 Å². The Morgan fingerprint density at radius 3 is 3.00 bits per heavy atom. The van der Waals surface area contributed by atoms with E-state index in [0.29, 0.717) is 11.7 Å². The van der Waals surface area contributed by atoms with Crippen LogP contribution in [0.1, 0.15) is 12.0 Å². The Morgan fingerprint density at radius 2 is 2.21 bits per heavy atom. The summed E-state index contributed by atoms with van der Waals surface area (Å²) in [5.74, 6) is -1.21. The molecule has 1 amide bonds. The number of hydrogen-bond donors (Lipinski definition) is 0. The predicted molar refractivity (Wildman–Crippen MR) is 70.6 cm³/mol. The number of carbonyl (C=O) groups is 1. The van der Waals surface area contributed by atoms with Gasteiger partial charge in [0, 0.05) is 17.9 Å². The van der Waals surface area contributed by atoms with Crippen LogP contribution in [0.15, 0.2) is 28.9 Å². The average molecular weight is 280 g/mol. The van der Waals surface area contributed by atoms with Crippen LogP contribution in [0, 0.1) is 11.6 Å². The van der Waals surface area contributed by atoms with Crippen molar-refractivity contribution < 1.29 is 13.6 Å². The largest absolute Gasteiger partial charge is 0.286 e. The summed E-state index contributed by atoms with van der Waals surface area (Å²) >= 11 is 1.51. The number of benzene rings is 1. The zero-order valence-electron chi connectivity index (χ0n) is 9.90. The number of amides is 1. The van der Waals surface area contributed by atoms with Gasteiger partial charge in [-0.3, -0.25) is 9.69 Å². The number of rotatable bonds is 1. The molecular weight excluding hydrogens is 270 g/mol. The summed E-state index contributed by atoms with van der Waals surface area (Å²) in [5.41, 5.74) is 0.200. The van der Waals surface area contributed by atoms with Gasteiger partial charge in [0.05, 0.1) is 0 Å². The van der Waals surface area contributed by atoms with E-state index in [9.17, 15) is 13.6 Å². The number of thioether (sulfide) groups is 1. The van der Waals surface area contributed by atoms with Gasteiger partial charge in [0.15, 0.2) is 16.8 Å². The predicted octanol–water partition coefficient (Wildman–Crippen LogP) is 2.64. The normalized spacial score (nSPS) is 20.7. The van der Waals surface area contributed by atoms with E-state index in [2.05, 4.69) is 4.99 Å². The number of nitrogens with zero attached hydrogens (tertiary/aromatic N) is 2. The summed E-state index contributed by atoms with van der Waals surface area (Å²) in [4.78, 5) is 17.8. The molecule has 2 aliphatic heterocycles. The lowest BCUT2D eigenvalue weighted by Crippen LogP contribution is -2.34. The first-order valence-electron chi connectivity index (χ1n) is 5.86.